The maximum atomic E-state index is 11.5. The molecule has 1 amide bonds. The fourth-order valence-electron chi connectivity index (χ4n) is 1.43. The summed E-state index contributed by atoms with van der Waals surface area (Å²) in [4.78, 5) is 23.8. The Morgan fingerprint density at radius 2 is 1.86 bits per heavy atom. The Bertz CT molecular complexity index is 204. The van der Waals surface area contributed by atoms with Crippen molar-refractivity contribution in [1.82, 2.24) is 4.90 Å². The molecule has 0 radical (unpaired) electrons. The van der Waals surface area contributed by atoms with Crippen LogP contribution < -0.4 is 0 Å². The number of aliphatic carboxylic acids is 1. The van der Waals surface area contributed by atoms with Crippen molar-refractivity contribution in [3.05, 3.63) is 0 Å². The van der Waals surface area contributed by atoms with Gasteiger partial charge in [0.15, 0.2) is 0 Å². The Morgan fingerprint density at radius 1 is 1.29 bits per heavy atom. The Morgan fingerprint density at radius 3 is 2.14 bits per heavy atom. The van der Waals surface area contributed by atoms with Crippen LogP contribution in [0.3, 0.4) is 0 Å². The average Bonchev–Trinajstić information content (AvgIpc) is 2.16. The Balaban J connectivity index is 4.59. The van der Waals surface area contributed by atoms with Gasteiger partial charge in [0.1, 0.15) is 6.04 Å². The van der Waals surface area contributed by atoms with E-state index in [9.17, 15) is 9.59 Å². The number of carboxylic acids is 1. The van der Waals surface area contributed by atoms with Crippen molar-refractivity contribution in [2.45, 2.75) is 46.1 Å². The van der Waals surface area contributed by atoms with Gasteiger partial charge in [0.2, 0.25) is 5.91 Å². The molecule has 1 unspecified atom stereocenters. The van der Waals surface area contributed by atoms with Crippen LogP contribution in [-0.4, -0.2) is 34.5 Å². The van der Waals surface area contributed by atoms with Gasteiger partial charge >= 0.3 is 5.97 Å². The minimum absolute atomic E-state index is 0.0823. The molecule has 0 aromatic rings. The van der Waals surface area contributed by atoms with Crippen LogP contribution in [0.2, 0.25) is 0 Å². The Hall–Kier alpha value is -1.06. The van der Waals surface area contributed by atoms with Crippen LogP contribution in [0.5, 0.6) is 0 Å². The van der Waals surface area contributed by atoms with Crippen molar-refractivity contribution in [3.63, 3.8) is 0 Å². The number of carboxylic acid groups (broad SMARTS) is 1. The van der Waals surface area contributed by atoms with Gasteiger partial charge in [-0.25, -0.2) is 4.79 Å². The molecular formula is C10H19NO3. The zero-order valence-electron chi connectivity index (χ0n) is 9.12. The second kappa shape index (κ2) is 6.40. The summed E-state index contributed by atoms with van der Waals surface area (Å²) in [6.45, 7) is 5.99. The molecule has 14 heavy (non-hydrogen) atoms. The van der Waals surface area contributed by atoms with Crippen molar-refractivity contribution < 1.29 is 14.7 Å². The fraction of sp³-hybridized carbons (Fsp3) is 0.800. The van der Waals surface area contributed by atoms with E-state index in [1.54, 1.807) is 13.8 Å². The normalized spacial score (nSPS) is 12.2. The van der Waals surface area contributed by atoms with Gasteiger partial charge in [-0.05, 0) is 12.8 Å². The fourth-order valence-corrected chi connectivity index (χ4v) is 1.43. The highest BCUT2D eigenvalue weighted by Crippen LogP contribution is 2.07. The number of hydrogen-bond acceptors (Lipinski definition) is 2. The lowest BCUT2D eigenvalue weighted by Gasteiger charge is -2.27. The number of carbonyl (C=O) groups excluding carboxylic acids is 1. The van der Waals surface area contributed by atoms with Crippen molar-refractivity contribution in [1.29, 1.82) is 0 Å². The van der Waals surface area contributed by atoms with E-state index in [-0.39, 0.29) is 5.91 Å². The lowest BCUT2D eigenvalue weighted by molar-refractivity contribution is -0.150. The van der Waals surface area contributed by atoms with Crippen molar-refractivity contribution in [2.24, 2.45) is 0 Å². The summed E-state index contributed by atoms with van der Waals surface area (Å²) in [5.74, 6) is -0.996. The van der Waals surface area contributed by atoms with E-state index in [1.165, 1.54) is 4.90 Å². The molecule has 1 N–H and O–H groups in total. The number of hydrogen-bond donors (Lipinski definition) is 1. The molecule has 4 nitrogen and oxygen atoms in total. The Labute approximate surface area is 84.9 Å². The molecule has 82 valence electrons. The van der Waals surface area contributed by atoms with Gasteiger partial charge in [-0.15, -0.1) is 0 Å². The van der Waals surface area contributed by atoms with E-state index < -0.39 is 12.0 Å². The van der Waals surface area contributed by atoms with Gasteiger partial charge in [-0.1, -0.05) is 20.8 Å². The third-order valence-corrected chi connectivity index (χ3v) is 2.14. The van der Waals surface area contributed by atoms with E-state index >= 15 is 0 Å². The molecule has 0 fully saturated rings. The van der Waals surface area contributed by atoms with Crippen molar-refractivity contribution in [2.75, 3.05) is 6.54 Å². The van der Waals surface area contributed by atoms with Gasteiger partial charge < -0.3 is 10.0 Å². The van der Waals surface area contributed by atoms with Crippen LogP contribution in [0, 0.1) is 0 Å². The first-order valence-electron chi connectivity index (χ1n) is 5.10. The van der Waals surface area contributed by atoms with Crippen molar-refractivity contribution >= 4 is 11.9 Å². The summed E-state index contributed by atoms with van der Waals surface area (Å²) in [5.41, 5.74) is 0. The highest BCUT2D eigenvalue weighted by molar-refractivity contribution is 5.83. The van der Waals surface area contributed by atoms with E-state index in [0.717, 1.165) is 6.42 Å². The summed E-state index contributed by atoms with van der Waals surface area (Å²) in [7, 11) is 0. The molecule has 4 heteroatoms. The molecule has 0 aliphatic carbocycles. The first-order chi connectivity index (χ1) is 6.58. The Kier molecular flexibility index (Phi) is 5.92. The van der Waals surface area contributed by atoms with E-state index in [4.69, 9.17) is 5.11 Å². The minimum atomic E-state index is -0.914. The predicted molar refractivity (Wildman–Crippen MR) is 54.0 cm³/mol. The van der Waals surface area contributed by atoms with Crippen LogP contribution in [0.4, 0.5) is 0 Å². The molecule has 0 aromatic carbocycles. The quantitative estimate of drug-likeness (QED) is 0.708. The summed E-state index contributed by atoms with van der Waals surface area (Å²) < 4.78 is 0. The highest BCUT2D eigenvalue weighted by Gasteiger charge is 2.25. The molecule has 0 saturated heterocycles. The third kappa shape index (κ3) is 3.36. The molecule has 0 aliphatic rings. The lowest BCUT2D eigenvalue weighted by atomic mass is 10.1. The van der Waals surface area contributed by atoms with Gasteiger partial charge in [0, 0.05) is 13.0 Å². The molecule has 0 spiro atoms. The second-order valence-electron chi connectivity index (χ2n) is 3.20. The summed E-state index contributed by atoms with van der Waals surface area (Å²) >= 11 is 0. The topological polar surface area (TPSA) is 57.6 Å². The van der Waals surface area contributed by atoms with Crippen LogP contribution >= 0.6 is 0 Å². The standard InChI is InChI=1S/C10H19NO3/c1-4-7-11(9(12)6-3)8(5-2)10(13)14/h8H,4-7H2,1-3H3,(H,13,14). The van der Waals surface area contributed by atoms with Gasteiger partial charge in [0.25, 0.3) is 0 Å². The molecular weight excluding hydrogens is 182 g/mol. The molecule has 0 saturated carbocycles. The van der Waals surface area contributed by atoms with Gasteiger partial charge in [-0.3, -0.25) is 4.79 Å². The zero-order valence-corrected chi connectivity index (χ0v) is 9.12. The third-order valence-electron chi connectivity index (χ3n) is 2.14. The largest absolute Gasteiger partial charge is 0.480 e. The summed E-state index contributed by atoms with van der Waals surface area (Å²) in [6.07, 6.45) is 1.61. The zero-order chi connectivity index (χ0) is 11.1. The smallest absolute Gasteiger partial charge is 0.326 e. The molecule has 0 heterocycles. The number of nitrogens with zero attached hydrogens (tertiary/aromatic N) is 1. The van der Waals surface area contributed by atoms with Gasteiger partial charge in [0.05, 0.1) is 0 Å². The van der Waals surface area contributed by atoms with E-state index in [1.807, 2.05) is 6.92 Å². The second-order valence-corrected chi connectivity index (χ2v) is 3.20. The number of carbonyl (C=O) groups is 2. The molecule has 1 atom stereocenters. The van der Waals surface area contributed by atoms with Crippen LogP contribution in [0.25, 0.3) is 0 Å². The van der Waals surface area contributed by atoms with Crippen molar-refractivity contribution in [3.8, 4) is 0 Å². The molecule has 0 aromatic heterocycles. The van der Waals surface area contributed by atoms with Crippen LogP contribution in [-0.2, 0) is 9.59 Å². The predicted octanol–water partition coefficient (Wildman–Crippen LogP) is 1.50. The molecule has 0 aliphatic heterocycles. The summed E-state index contributed by atoms with van der Waals surface area (Å²) in [6, 6.07) is -0.664. The average molecular weight is 201 g/mol. The number of amides is 1. The first kappa shape index (κ1) is 12.9. The van der Waals surface area contributed by atoms with Crippen LogP contribution in [0.1, 0.15) is 40.0 Å². The van der Waals surface area contributed by atoms with Crippen LogP contribution in [0.15, 0.2) is 0 Å². The number of rotatable bonds is 6. The van der Waals surface area contributed by atoms with Gasteiger partial charge in [-0.2, -0.15) is 0 Å². The molecule has 0 bridgehead atoms. The maximum absolute atomic E-state index is 11.5. The van der Waals surface area contributed by atoms with E-state index in [2.05, 4.69) is 0 Å². The van der Waals surface area contributed by atoms with E-state index in [0.29, 0.717) is 19.4 Å². The monoisotopic (exact) mass is 201 g/mol. The maximum Gasteiger partial charge on any atom is 0.326 e. The SMILES string of the molecule is CCCN(C(=O)CC)C(CC)C(=O)O. The molecule has 0 rings (SSSR count). The minimum Gasteiger partial charge on any atom is -0.480 e. The lowest BCUT2D eigenvalue weighted by Crippen LogP contribution is -2.44. The summed E-state index contributed by atoms with van der Waals surface area (Å²) in [5, 5.41) is 8.92. The first-order valence-corrected chi connectivity index (χ1v) is 5.10. The highest BCUT2D eigenvalue weighted by atomic mass is 16.4.